The lowest BCUT2D eigenvalue weighted by atomic mass is 9.95. The highest BCUT2D eigenvalue weighted by atomic mass is 16.5. The van der Waals surface area contributed by atoms with Gasteiger partial charge in [0.25, 0.3) is 0 Å². The van der Waals surface area contributed by atoms with Gasteiger partial charge in [0.2, 0.25) is 0 Å². The summed E-state index contributed by atoms with van der Waals surface area (Å²) in [5.41, 5.74) is 0. The molecule has 2 aliphatic heterocycles. The molecule has 1 unspecified atom stereocenters. The van der Waals surface area contributed by atoms with Crippen molar-refractivity contribution in [2.24, 2.45) is 5.92 Å². The molecule has 16 heavy (non-hydrogen) atoms. The molecule has 0 aliphatic carbocycles. The van der Waals surface area contributed by atoms with E-state index in [1.807, 2.05) is 0 Å². The number of hydrogen-bond donors (Lipinski definition) is 1. The summed E-state index contributed by atoms with van der Waals surface area (Å²) in [4.78, 5) is 13.8. The Hall–Kier alpha value is -0.610. The number of hydrogen-bond acceptors (Lipinski definition) is 4. The fraction of sp³-hybridized carbons (Fsp3) is 0.917. The first kappa shape index (κ1) is 11.9. The molecule has 4 nitrogen and oxygen atoms in total. The molecule has 4 heteroatoms. The van der Waals surface area contributed by atoms with Gasteiger partial charge in [0.05, 0.1) is 6.61 Å². The number of nitrogens with zero attached hydrogens (tertiary/aromatic N) is 1. The second-order valence-electron chi connectivity index (χ2n) is 4.76. The van der Waals surface area contributed by atoms with Crippen molar-refractivity contribution in [2.45, 2.75) is 32.2 Å². The molecule has 1 N–H and O–H groups in total. The molecule has 2 rings (SSSR count). The zero-order valence-corrected chi connectivity index (χ0v) is 10.1. The quantitative estimate of drug-likeness (QED) is 0.714. The number of carbonyl (C=O) groups excluding carboxylic acids is 1. The van der Waals surface area contributed by atoms with Crippen molar-refractivity contribution < 1.29 is 9.53 Å². The van der Waals surface area contributed by atoms with Crippen LogP contribution in [0.1, 0.15) is 26.2 Å². The average Bonchev–Trinajstić information content (AvgIpc) is 2.74. The van der Waals surface area contributed by atoms with Gasteiger partial charge in [-0.15, -0.1) is 0 Å². The number of rotatable bonds is 4. The molecule has 0 spiro atoms. The minimum Gasteiger partial charge on any atom is -0.464 e. The maximum atomic E-state index is 11.5. The van der Waals surface area contributed by atoms with E-state index in [1.165, 1.54) is 12.8 Å². The molecule has 0 radical (unpaired) electrons. The molecule has 2 heterocycles. The van der Waals surface area contributed by atoms with E-state index in [2.05, 4.69) is 17.1 Å². The van der Waals surface area contributed by atoms with E-state index in [9.17, 15) is 4.79 Å². The van der Waals surface area contributed by atoms with Crippen LogP contribution in [0.25, 0.3) is 0 Å². The molecule has 0 saturated carbocycles. The van der Waals surface area contributed by atoms with Gasteiger partial charge in [-0.1, -0.05) is 6.92 Å². The summed E-state index contributed by atoms with van der Waals surface area (Å²) >= 11 is 0. The smallest absolute Gasteiger partial charge is 0.323 e. The Kier molecular flexibility index (Phi) is 4.18. The number of piperidine rings is 1. The van der Waals surface area contributed by atoms with Crippen LogP contribution in [0.15, 0.2) is 0 Å². The van der Waals surface area contributed by atoms with E-state index in [1.54, 1.807) is 0 Å². The minimum atomic E-state index is -0.00914. The second kappa shape index (κ2) is 5.64. The molecule has 0 aromatic carbocycles. The molecule has 2 saturated heterocycles. The van der Waals surface area contributed by atoms with Gasteiger partial charge in [-0.2, -0.15) is 0 Å². The number of esters is 1. The van der Waals surface area contributed by atoms with Crippen molar-refractivity contribution in [3.05, 3.63) is 0 Å². The fourth-order valence-corrected chi connectivity index (χ4v) is 2.63. The summed E-state index contributed by atoms with van der Waals surface area (Å²) in [5.74, 6) is 0.777. The van der Waals surface area contributed by atoms with E-state index < -0.39 is 0 Å². The summed E-state index contributed by atoms with van der Waals surface area (Å²) in [7, 11) is 0. The van der Waals surface area contributed by atoms with Gasteiger partial charge in [-0.3, -0.25) is 9.69 Å². The number of likely N-dealkylation sites (tertiary alicyclic amines) is 1. The molecule has 1 atom stereocenters. The lowest BCUT2D eigenvalue weighted by Crippen LogP contribution is -2.45. The number of carbonyl (C=O) groups is 1. The molecule has 2 fully saturated rings. The minimum absolute atomic E-state index is 0.00914. The molecule has 0 aromatic rings. The number of ether oxygens (including phenoxy) is 1. The maximum absolute atomic E-state index is 11.5. The van der Waals surface area contributed by atoms with Crippen LogP contribution in [0.3, 0.4) is 0 Å². The van der Waals surface area contributed by atoms with Crippen LogP contribution in [-0.4, -0.2) is 49.7 Å². The topological polar surface area (TPSA) is 41.6 Å². The summed E-state index contributed by atoms with van der Waals surface area (Å²) in [6, 6.07) is 0.0556. The van der Waals surface area contributed by atoms with Crippen molar-refractivity contribution in [1.82, 2.24) is 10.2 Å². The third kappa shape index (κ3) is 2.74. The highest BCUT2D eigenvalue weighted by Gasteiger charge is 2.34. The summed E-state index contributed by atoms with van der Waals surface area (Å²) < 4.78 is 5.02. The summed E-state index contributed by atoms with van der Waals surface area (Å²) in [6.07, 6.45) is 3.30. The largest absolute Gasteiger partial charge is 0.464 e. The zero-order chi connectivity index (χ0) is 11.4. The third-order valence-electron chi connectivity index (χ3n) is 3.68. The van der Waals surface area contributed by atoms with Crippen molar-refractivity contribution in [1.29, 1.82) is 0 Å². The molecular formula is C12H22N2O2. The van der Waals surface area contributed by atoms with Crippen molar-refractivity contribution in [2.75, 3.05) is 32.8 Å². The molecule has 92 valence electrons. The van der Waals surface area contributed by atoms with E-state index in [4.69, 9.17) is 4.74 Å². The Labute approximate surface area is 97.3 Å². The van der Waals surface area contributed by atoms with Gasteiger partial charge in [0.15, 0.2) is 0 Å². The standard InChI is InChI=1S/C12H22N2O2/c1-2-13-9-10-3-6-14(7-4-10)11-5-8-16-12(11)15/h10-11,13H,2-9H2,1H3. The predicted molar refractivity (Wildman–Crippen MR) is 62.2 cm³/mol. The Morgan fingerprint density at radius 2 is 2.12 bits per heavy atom. The van der Waals surface area contributed by atoms with Gasteiger partial charge < -0.3 is 10.1 Å². The maximum Gasteiger partial charge on any atom is 0.323 e. The predicted octanol–water partition coefficient (Wildman–Crippen LogP) is 0.623. The van der Waals surface area contributed by atoms with Crippen LogP contribution in [0.5, 0.6) is 0 Å². The van der Waals surface area contributed by atoms with Gasteiger partial charge in [-0.05, 0) is 44.9 Å². The lowest BCUT2D eigenvalue weighted by Gasteiger charge is -2.34. The fourth-order valence-electron chi connectivity index (χ4n) is 2.63. The number of nitrogens with one attached hydrogen (secondary N) is 1. The van der Waals surface area contributed by atoms with Crippen LogP contribution >= 0.6 is 0 Å². The molecule has 2 aliphatic rings. The van der Waals surface area contributed by atoms with Gasteiger partial charge in [0, 0.05) is 6.42 Å². The summed E-state index contributed by atoms with van der Waals surface area (Å²) in [5, 5.41) is 3.40. The van der Waals surface area contributed by atoms with E-state index >= 15 is 0 Å². The zero-order valence-electron chi connectivity index (χ0n) is 10.1. The molecule has 0 amide bonds. The van der Waals surface area contributed by atoms with Gasteiger partial charge >= 0.3 is 5.97 Å². The van der Waals surface area contributed by atoms with Crippen LogP contribution in [-0.2, 0) is 9.53 Å². The van der Waals surface area contributed by atoms with Crippen LogP contribution < -0.4 is 5.32 Å². The van der Waals surface area contributed by atoms with Gasteiger partial charge in [0.1, 0.15) is 6.04 Å². The summed E-state index contributed by atoms with van der Waals surface area (Å²) in [6.45, 7) is 7.03. The lowest BCUT2D eigenvalue weighted by molar-refractivity contribution is -0.142. The van der Waals surface area contributed by atoms with E-state index in [0.717, 1.165) is 38.5 Å². The van der Waals surface area contributed by atoms with Gasteiger partial charge in [-0.25, -0.2) is 0 Å². The first-order chi connectivity index (χ1) is 7.81. The monoisotopic (exact) mass is 226 g/mol. The van der Waals surface area contributed by atoms with Crippen LogP contribution in [0.4, 0.5) is 0 Å². The average molecular weight is 226 g/mol. The van der Waals surface area contributed by atoms with Crippen LogP contribution in [0.2, 0.25) is 0 Å². The Balaban J connectivity index is 1.74. The third-order valence-corrected chi connectivity index (χ3v) is 3.68. The van der Waals surface area contributed by atoms with Crippen molar-refractivity contribution in [3.8, 4) is 0 Å². The first-order valence-corrected chi connectivity index (χ1v) is 6.42. The van der Waals surface area contributed by atoms with E-state index in [-0.39, 0.29) is 12.0 Å². The molecular weight excluding hydrogens is 204 g/mol. The van der Waals surface area contributed by atoms with E-state index in [0.29, 0.717) is 6.61 Å². The Morgan fingerprint density at radius 1 is 1.38 bits per heavy atom. The van der Waals surface area contributed by atoms with Crippen LogP contribution in [0, 0.1) is 5.92 Å². The van der Waals surface area contributed by atoms with Crippen molar-refractivity contribution in [3.63, 3.8) is 0 Å². The molecule has 0 bridgehead atoms. The normalized spacial score (nSPS) is 28.3. The SMILES string of the molecule is CCNCC1CCN(C2CCOC2=O)CC1. The van der Waals surface area contributed by atoms with Crippen molar-refractivity contribution >= 4 is 5.97 Å². The Morgan fingerprint density at radius 3 is 2.69 bits per heavy atom. The number of cyclic esters (lactones) is 1. The highest BCUT2D eigenvalue weighted by Crippen LogP contribution is 2.22. The highest BCUT2D eigenvalue weighted by molar-refractivity contribution is 5.77. The first-order valence-electron chi connectivity index (χ1n) is 6.42. The Bertz CT molecular complexity index is 237. The second-order valence-corrected chi connectivity index (χ2v) is 4.76. The molecule has 0 aromatic heterocycles.